The van der Waals surface area contributed by atoms with Gasteiger partial charge in [-0.05, 0) is 56.2 Å². The van der Waals surface area contributed by atoms with Crippen LogP contribution in [0.5, 0.6) is 0 Å². The summed E-state index contributed by atoms with van der Waals surface area (Å²) in [5.41, 5.74) is 0.439. The highest BCUT2D eigenvalue weighted by Crippen LogP contribution is 2.33. The topological polar surface area (TPSA) is 86.7 Å². The van der Waals surface area contributed by atoms with Crippen molar-refractivity contribution in [2.75, 3.05) is 11.9 Å². The Morgan fingerprint density at radius 3 is 2.43 bits per heavy atom. The molecule has 2 fully saturated rings. The highest BCUT2D eigenvalue weighted by atomic mass is 35.5. The Bertz CT molecular complexity index is 795. The first kappa shape index (κ1) is 22.9. The molecule has 0 radical (unpaired) electrons. The normalized spacial score (nSPS) is 21.1. The zero-order valence-electron chi connectivity index (χ0n) is 16.9. The quantitative estimate of drug-likeness (QED) is 0.633. The van der Waals surface area contributed by atoms with E-state index in [1.54, 1.807) is 23.1 Å². The minimum Gasteiger partial charge on any atom is -0.481 e. The molecule has 1 aliphatic carbocycles. The first-order valence-electron chi connectivity index (χ1n) is 10.6. The molecule has 2 atom stereocenters. The highest BCUT2D eigenvalue weighted by molar-refractivity contribution is 6.36. The van der Waals surface area contributed by atoms with Gasteiger partial charge in [0.15, 0.2) is 0 Å². The van der Waals surface area contributed by atoms with Crippen LogP contribution in [0.25, 0.3) is 0 Å². The summed E-state index contributed by atoms with van der Waals surface area (Å²) < 4.78 is 0. The molecule has 1 aliphatic heterocycles. The molecular formula is C22H28Cl2N2O4. The molecule has 1 saturated heterocycles. The van der Waals surface area contributed by atoms with Crippen LogP contribution < -0.4 is 5.32 Å². The van der Waals surface area contributed by atoms with Crippen molar-refractivity contribution < 1.29 is 19.5 Å². The molecule has 2 amide bonds. The number of carboxylic acid groups (broad SMARTS) is 1. The molecule has 1 aromatic carbocycles. The number of aliphatic carboxylic acids is 1. The van der Waals surface area contributed by atoms with Gasteiger partial charge in [0.2, 0.25) is 11.8 Å². The van der Waals surface area contributed by atoms with Gasteiger partial charge in [0.25, 0.3) is 0 Å². The predicted molar refractivity (Wildman–Crippen MR) is 117 cm³/mol. The van der Waals surface area contributed by atoms with E-state index in [4.69, 9.17) is 23.2 Å². The van der Waals surface area contributed by atoms with E-state index in [1.807, 2.05) is 0 Å². The van der Waals surface area contributed by atoms with Crippen LogP contribution in [-0.2, 0) is 14.4 Å². The Hall–Kier alpha value is -1.79. The lowest BCUT2D eigenvalue weighted by atomic mass is 9.78. The Morgan fingerprint density at radius 1 is 1.07 bits per heavy atom. The van der Waals surface area contributed by atoms with Gasteiger partial charge in [0.05, 0.1) is 16.6 Å². The Balaban J connectivity index is 1.69. The first-order chi connectivity index (χ1) is 14.4. The summed E-state index contributed by atoms with van der Waals surface area (Å²) in [7, 11) is 0. The van der Waals surface area contributed by atoms with Crippen molar-refractivity contribution in [3.05, 3.63) is 28.2 Å². The highest BCUT2D eigenvalue weighted by Gasteiger charge is 2.37. The second-order valence-electron chi connectivity index (χ2n) is 8.26. The number of amides is 2. The van der Waals surface area contributed by atoms with Crippen molar-refractivity contribution in [3.63, 3.8) is 0 Å². The lowest BCUT2D eigenvalue weighted by Gasteiger charge is -2.36. The number of hydrogen-bond acceptors (Lipinski definition) is 3. The average Bonchev–Trinajstić information content (AvgIpc) is 2.74. The van der Waals surface area contributed by atoms with Crippen LogP contribution in [0.15, 0.2) is 18.2 Å². The van der Waals surface area contributed by atoms with Crippen LogP contribution in [0, 0.1) is 11.8 Å². The van der Waals surface area contributed by atoms with E-state index in [9.17, 15) is 19.5 Å². The molecule has 1 saturated carbocycles. The molecule has 2 unspecified atom stereocenters. The van der Waals surface area contributed by atoms with Crippen LogP contribution in [-0.4, -0.2) is 40.4 Å². The molecule has 2 aliphatic rings. The number of likely N-dealkylation sites (tertiary alicyclic amines) is 1. The van der Waals surface area contributed by atoms with Crippen LogP contribution in [0.2, 0.25) is 10.0 Å². The fourth-order valence-corrected chi connectivity index (χ4v) is 5.06. The fraction of sp³-hybridized carbons (Fsp3) is 0.591. The van der Waals surface area contributed by atoms with Gasteiger partial charge in [0.1, 0.15) is 6.04 Å². The molecule has 1 heterocycles. The van der Waals surface area contributed by atoms with Crippen molar-refractivity contribution in [1.29, 1.82) is 0 Å². The second-order valence-corrected chi connectivity index (χ2v) is 9.10. The number of nitrogens with one attached hydrogen (secondary N) is 1. The zero-order valence-corrected chi connectivity index (χ0v) is 18.4. The lowest BCUT2D eigenvalue weighted by Crippen LogP contribution is -2.50. The molecule has 0 spiro atoms. The van der Waals surface area contributed by atoms with Crippen molar-refractivity contribution >= 4 is 46.7 Å². The molecule has 3 rings (SSSR count). The van der Waals surface area contributed by atoms with E-state index >= 15 is 0 Å². The molecule has 2 N–H and O–H groups in total. The van der Waals surface area contributed by atoms with Crippen molar-refractivity contribution in [3.8, 4) is 0 Å². The van der Waals surface area contributed by atoms with Gasteiger partial charge in [-0.3, -0.25) is 14.4 Å². The zero-order chi connectivity index (χ0) is 21.7. The molecule has 30 heavy (non-hydrogen) atoms. The summed E-state index contributed by atoms with van der Waals surface area (Å²) in [6.45, 7) is 0.461. The predicted octanol–water partition coefficient (Wildman–Crippen LogP) is 4.98. The number of rotatable bonds is 6. The third-order valence-electron chi connectivity index (χ3n) is 6.25. The number of carboxylic acids is 1. The number of carbonyl (C=O) groups excluding carboxylic acids is 2. The number of hydrogen-bond donors (Lipinski definition) is 2. The van der Waals surface area contributed by atoms with Gasteiger partial charge < -0.3 is 15.3 Å². The Labute approximate surface area is 186 Å². The van der Waals surface area contributed by atoms with Gasteiger partial charge in [-0.2, -0.15) is 0 Å². The largest absolute Gasteiger partial charge is 0.481 e. The fourth-order valence-electron chi connectivity index (χ4n) is 4.61. The molecular weight excluding hydrogens is 427 g/mol. The van der Waals surface area contributed by atoms with Gasteiger partial charge in [0, 0.05) is 18.0 Å². The van der Waals surface area contributed by atoms with Gasteiger partial charge in [-0.25, -0.2) is 0 Å². The molecule has 0 bridgehead atoms. The van der Waals surface area contributed by atoms with E-state index in [1.165, 1.54) is 0 Å². The van der Waals surface area contributed by atoms with E-state index in [0.717, 1.165) is 44.9 Å². The number of carbonyl (C=O) groups is 3. The van der Waals surface area contributed by atoms with E-state index in [2.05, 4.69) is 5.32 Å². The van der Waals surface area contributed by atoms with Gasteiger partial charge in [-0.15, -0.1) is 0 Å². The molecule has 8 heteroatoms. The maximum absolute atomic E-state index is 13.1. The molecule has 164 valence electrons. The minimum atomic E-state index is -0.916. The monoisotopic (exact) mass is 454 g/mol. The van der Waals surface area contributed by atoms with Crippen LogP contribution >= 0.6 is 23.2 Å². The van der Waals surface area contributed by atoms with Crippen molar-refractivity contribution in [1.82, 2.24) is 4.90 Å². The Morgan fingerprint density at radius 2 is 1.77 bits per heavy atom. The summed E-state index contributed by atoms with van der Waals surface area (Å²) in [6, 6.07) is 4.18. The van der Waals surface area contributed by atoms with Crippen LogP contribution in [0.3, 0.4) is 0 Å². The smallest absolute Gasteiger partial charge is 0.307 e. The lowest BCUT2D eigenvalue weighted by molar-refractivity contribution is -0.150. The van der Waals surface area contributed by atoms with E-state index in [0.29, 0.717) is 28.7 Å². The number of benzene rings is 1. The number of anilines is 1. The van der Waals surface area contributed by atoms with E-state index in [-0.39, 0.29) is 24.2 Å². The third kappa shape index (κ3) is 5.67. The number of piperidine rings is 1. The maximum Gasteiger partial charge on any atom is 0.307 e. The van der Waals surface area contributed by atoms with Crippen LogP contribution in [0.4, 0.5) is 5.69 Å². The molecule has 1 aromatic rings. The molecule has 6 nitrogen and oxygen atoms in total. The van der Waals surface area contributed by atoms with Gasteiger partial charge in [-0.1, -0.05) is 42.5 Å². The summed E-state index contributed by atoms with van der Waals surface area (Å²) in [5.74, 6) is -2.13. The standard InChI is InChI=1S/C22H28Cl2N2O4/c23-15-9-10-18(17(24)12-15)25-21(28)19-8-4-5-11-26(19)20(27)13-16(22(29)30)14-6-2-1-3-7-14/h9-10,12,14,16,19H,1-8,11,13H2,(H,25,28)(H,29,30). The second kappa shape index (κ2) is 10.5. The summed E-state index contributed by atoms with van der Waals surface area (Å²) in [6.07, 6.45) is 6.98. The van der Waals surface area contributed by atoms with Gasteiger partial charge >= 0.3 is 5.97 Å². The first-order valence-corrected chi connectivity index (χ1v) is 11.4. The Kier molecular flexibility index (Phi) is 8.00. The van der Waals surface area contributed by atoms with Crippen LogP contribution in [0.1, 0.15) is 57.8 Å². The SMILES string of the molecule is O=C(O)C(CC(=O)N1CCCCC1C(=O)Nc1ccc(Cl)cc1Cl)C1CCCCC1. The summed E-state index contributed by atoms with van der Waals surface area (Å²) in [5, 5.41) is 13.3. The van der Waals surface area contributed by atoms with Crippen molar-refractivity contribution in [2.24, 2.45) is 11.8 Å². The summed E-state index contributed by atoms with van der Waals surface area (Å²) in [4.78, 5) is 39.4. The molecule has 0 aromatic heterocycles. The van der Waals surface area contributed by atoms with E-state index < -0.39 is 17.9 Å². The summed E-state index contributed by atoms with van der Waals surface area (Å²) >= 11 is 12.1. The number of halogens is 2. The third-order valence-corrected chi connectivity index (χ3v) is 6.79. The minimum absolute atomic E-state index is 0.0325. The average molecular weight is 455 g/mol. The maximum atomic E-state index is 13.1. The van der Waals surface area contributed by atoms with Crippen molar-refractivity contribution in [2.45, 2.75) is 63.8 Å². The number of nitrogens with zero attached hydrogens (tertiary/aromatic N) is 1.